The second-order valence-corrected chi connectivity index (χ2v) is 12.6. The number of piperidine rings is 1. The molecular formula is C31H34Cl4N4O2. The van der Waals surface area contributed by atoms with Gasteiger partial charge >= 0.3 is 0 Å². The third-order valence-corrected chi connectivity index (χ3v) is 9.27. The maximum absolute atomic E-state index is 13.8. The molecule has 2 atom stereocenters. The van der Waals surface area contributed by atoms with Crippen LogP contribution in [0.3, 0.4) is 0 Å². The van der Waals surface area contributed by atoms with Crippen LogP contribution in [0.25, 0.3) is 10.8 Å². The van der Waals surface area contributed by atoms with Crippen LogP contribution in [0.5, 0.6) is 0 Å². The van der Waals surface area contributed by atoms with Gasteiger partial charge in [-0.2, -0.15) is 0 Å². The Morgan fingerprint density at radius 3 is 2.46 bits per heavy atom. The summed E-state index contributed by atoms with van der Waals surface area (Å²) in [6.45, 7) is 4.23. The molecule has 0 radical (unpaired) electrons. The van der Waals surface area contributed by atoms with E-state index in [4.69, 9.17) is 46.4 Å². The van der Waals surface area contributed by atoms with Crippen LogP contribution in [-0.4, -0.2) is 66.4 Å². The summed E-state index contributed by atoms with van der Waals surface area (Å²) >= 11 is 25.1. The average Bonchev–Trinajstić information content (AvgIpc) is 3.11. The van der Waals surface area contributed by atoms with Crippen molar-refractivity contribution in [2.24, 2.45) is 0 Å². The Morgan fingerprint density at radius 2 is 1.66 bits per heavy atom. The van der Waals surface area contributed by atoms with Gasteiger partial charge in [0, 0.05) is 47.8 Å². The van der Waals surface area contributed by atoms with Gasteiger partial charge in [0.15, 0.2) is 0 Å². The molecule has 218 valence electrons. The van der Waals surface area contributed by atoms with Crippen LogP contribution < -0.4 is 10.6 Å². The molecule has 2 saturated heterocycles. The highest BCUT2D eigenvalue weighted by Gasteiger charge is 2.32. The van der Waals surface area contributed by atoms with Crippen LogP contribution in [0.2, 0.25) is 20.1 Å². The van der Waals surface area contributed by atoms with Gasteiger partial charge in [0.2, 0.25) is 5.91 Å². The molecule has 0 spiro atoms. The van der Waals surface area contributed by atoms with Crippen LogP contribution in [0.4, 0.5) is 0 Å². The minimum atomic E-state index is -0.375. The van der Waals surface area contributed by atoms with Gasteiger partial charge in [-0.15, -0.1) is 0 Å². The number of rotatable bonds is 8. The highest BCUT2D eigenvalue weighted by Crippen LogP contribution is 2.31. The second-order valence-electron chi connectivity index (χ2n) is 10.9. The zero-order valence-electron chi connectivity index (χ0n) is 22.8. The molecule has 2 heterocycles. The van der Waals surface area contributed by atoms with Crippen LogP contribution in [0.1, 0.15) is 48.0 Å². The van der Waals surface area contributed by atoms with Crippen molar-refractivity contribution < 1.29 is 9.59 Å². The van der Waals surface area contributed by atoms with Gasteiger partial charge in [-0.1, -0.05) is 65.0 Å². The van der Waals surface area contributed by atoms with Crippen molar-refractivity contribution in [3.63, 3.8) is 0 Å². The van der Waals surface area contributed by atoms with E-state index in [0.717, 1.165) is 36.0 Å². The topological polar surface area (TPSA) is 64.7 Å². The molecule has 0 bridgehead atoms. The highest BCUT2D eigenvalue weighted by molar-refractivity contribution is 6.43. The van der Waals surface area contributed by atoms with Gasteiger partial charge < -0.3 is 20.4 Å². The number of benzene rings is 3. The first-order valence-corrected chi connectivity index (χ1v) is 15.7. The molecular weight excluding hydrogens is 602 g/mol. The minimum Gasteiger partial charge on any atom is -0.350 e. The number of amides is 2. The van der Waals surface area contributed by atoms with Crippen LogP contribution in [0, 0.1) is 0 Å². The first kappa shape index (κ1) is 30.4. The number of nitrogens with zero attached hydrogens (tertiary/aromatic N) is 2. The normalized spacial score (nSPS) is 20.3. The van der Waals surface area contributed by atoms with Gasteiger partial charge in [-0.05, 0) is 91.5 Å². The number of halogens is 4. The molecule has 0 aromatic heterocycles. The molecule has 0 aliphatic carbocycles. The second kappa shape index (κ2) is 13.9. The molecule has 2 amide bonds. The summed E-state index contributed by atoms with van der Waals surface area (Å²) in [7, 11) is 0. The number of carbonyl (C=O) groups excluding carboxylic acids is 2. The predicted molar refractivity (Wildman–Crippen MR) is 168 cm³/mol. The smallest absolute Gasteiger partial charge is 0.251 e. The molecule has 2 aliphatic heterocycles. The first-order chi connectivity index (χ1) is 19.8. The number of carbonyl (C=O) groups is 2. The summed E-state index contributed by atoms with van der Waals surface area (Å²) < 4.78 is 0. The number of fused-ring (bicyclic) bond motifs is 1. The molecule has 1 unspecified atom stereocenters. The predicted octanol–water partition coefficient (Wildman–Crippen LogP) is 6.82. The maximum atomic E-state index is 13.8. The fourth-order valence-electron chi connectivity index (χ4n) is 5.71. The molecule has 2 aliphatic rings. The Bertz CT molecular complexity index is 1410. The molecule has 0 saturated carbocycles. The Kier molecular flexibility index (Phi) is 10.3. The SMILES string of the molecule is O=C(NCC1CCN(Cc2cc(Cl)cc(Cl)c2Cl)C(=O)[C@H](CCN2CCCCC2)N1)c1ccc2cc(Cl)ccc2c1. The molecule has 6 nitrogen and oxygen atoms in total. The lowest BCUT2D eigenvalue weighted by molar-refractivity contribution is -0.133. The van der Waals surface area contributed by atoms with E-state index in [2.05, 4.69) is 15.5 Å². The minimum absolute atomic E-state index is 0.0243. The molecule has 5 rings (SSSR count). The lowest BCUT2D eigenvalue weighted by Crippen LogP contribution is -2.50. The van der Waals surface area contributed by atoms with Crippen LogP contribution in [0.15, 0.2) is 48.5 Å². The van der Waals surface area contributed by atoms with Gasteiger partial charge in [-0.25, -0.2) is 0 Å². The van der Waals surface area contributed by atoms with E-state index < -0.39 is 0 Å². The van der Waals surface area contributed by atoms with Gasteiger partial charge in [-0.3, -0.25) is 9.59 Å². The molecule has 2 N–H and O–H groups in total. The average molecular weight is 636 g/mol. The van der Waals surface area contributed by atoms with Crippen molar-refractivity contribution in [1.29, 1.82) is 0 Å². The zero-order valence-corrected chi connectivity index (χ0v) is 25.8. The Morgan fingerprint density at radius 1 is 0.902 bits per heavy atom. The van der Waals surface area contributed by atoms with Crippen molar-refractivity contribution in [1.82, 2.24) is 20.4 Å². The third-order valence-electron chi connectivity index (χ3n) is 7.98. The molecule has 10 heteroatoms. The van der Waals surface area contributed by atoms with E-state index in [1.165, 1.54) is 19.3 Å². The lowest BCUT2D eigenvalue weighted by atomic mass is 10.1. The standard InChI is InChI=1S/C31H34Cl4N4O2/c32-24-7-6-20-14-22(5-4-21(20)15-24)30(40)36-18-26-8-13-39(19-23-16-25(33)17-27(34)29(23)35)31(41)28(37-26)9-12-38-10-2-1-3-11-38/h4-7,14-17,26,28,37H,1-3,8-13,18-19H2,(H,36,40)/t26?,28-/m0/s1. The summed E-state index contributed by atoms with van der Waals surface area (Å²) in [6.07, 6.45) is 5.03. The van der Waals surface area contributed by atoms with Crippen LogP contribution in [-0.2, 0) is 11.3 Å². The fraction of sp³-hybridized carbons (Fsp3) is 0.419. The number of likely N-dealkylation sites (tertiary alicyclic amines) is 1. The van der Waals surface area contributed by atoms with E-state index in [-0.39, 0.29) is 23.9 Å². The van der Waals surface area contributed by atoms with E-state index >= 15 is 0 Å². The number of nitrogens with one attached hydrogen (secondary N) is 2. The highest BCUT2D eigenvalue weighted by atomic mass is 35.5. The molecule has 3 aromatic rings. The van der Waals surface area contributed by atoms with Crippen LogP contribution >= 0.6 is 46.4 Å². The first-order valence-electron chi connectivity index (χ1n) is 14.1. The van der Waals surface area contributed by atoms with Crippen molar-refractivity contribution in [2.75, 3.05) is 32.7 Å². The zero-order chi connectivity index (χ0) is 28.9. The van der Waals surface area contributed by atoms with Crippen molar-refractivity contribution >= 4 is 69.0 Å². The molecule has 2 fully saturated rings. The van der Waals surface area contributed by atoms with Crippen molar-refractivity contribution in [3.05, 3.63) is 79.7 Å². The third kappa shape index (κ3) is 7.86. The maximum Gasteiger partial charge on any atom is 0.251 e. The van der Waals surface area contributed by atoms with E-state index in [1.807, 2.05) is 35.2 Å². The molecule has 3 aromatic carbocycles. The quantitative estimate of drug-likeness (QED) is 0.267. The summed E-state index contributed by atoms with van der Waals surface area (Å²) in [5.41, 5.74) is 1.30. The van der Waals surface area contributed by atoms with Gasteiger partial charge in [0.1, 0.15) is 0 Å². The Labute approximate surface area is 261 Å². The van der Waals surface area contributed by atoms with E-state index in [9.17, 15) is 9.59 Å². The van der Waals surface area contributed by atoms with E-state index in [1.54, 1.807) is 18.2 Å². The number of hydrogen-bond acceptors (Lipinski definition) is 4. The largest absolute Gasteiger partial charge is 0.350 e. The Hall–Kier alpha value is -2.06. The van der Waals surface area contributed by atoms with Gasteiger partial charge in [0.05, 0.1) is 16.1 Å². The fourth-order valence-corrected chi connectivity index (χ4v) is 6.59. The summed E-state index contributed by atoms with van der Waals surface area (Å²) in [5, 5.41) is 10.5. The summed E-state index contributed by atoms with van der Waals surface area (Å²) in [5.74, 6) is -0.127. The molecule has 41 heavy (non-hydrogen) atoms. The monoisotopic (exact) mass is 634 g/mol. The summed E-state index contributed by atoms with van der Waals surface area (Å²) in [4.78, 5) is 31.1. The van der Waals surface area contributed by atoms with Gasteiger partial charge in [0.25, 0.3) is 5.91 Å². The van der Waals surface area contributed by atoms with Crippen molar-refractivity contribution in [3.8, 4) is 0 Å². The van der Waals surface area contributed by atoms with E-state index in [0.29, 0.717) is 58.1 Å². The lowest BCUT2D eigenvalue weighted by Gasteiger charge is -2.30. The number of hydrogen-bond donors (Lipinski definition) is 2. The van der Waals surface area contributed by atoms with Crippen molar-refractivity contribution in [2.45, 2.75) is 50.7 Å². The Balaban J connectivity index is 1.28. The summed E-state index contributed by atoms with van der Waals surface area (Å²) in [6, 6.07) is 14.1.